The van der Waals surface area contributed by atoms with Gasteiger partial charge >= 0.3 is 0 Å². The van der Waals surface area contributed by atoms with Crippen LogP contribution < -0.4 is 0 Å². The van der Waals surface area contributed by atoms with Crippen molar-refractivity contribution < 1.29 is 13.2 Å². The van der Waals surface area contributed by atoms with Gasteiger partial charge in [0.25, 0.3) is 5.91 Å². The summed E-state index contributed by atoms with van der Waals surface area (Å²) >= 11 is 0. The Kier molecular flexibility index (Phi) is 4.75. The maximum absolute atomic E-state index is 13.3. The van der Waals surface area contributed by atoms with E-state index in [9.17, 15) is 13.2 Å². The van der Waals surface area contributed by atoms with Crippen LogP contribution in [-0.4, -0.2) is 48.1 Å². The number of amides is 1. The van der Waals surface area contributed by atoms with Gasteiger partial charge in [0.2, 0.25) is 10.0 Å². The van der Waals surface area contributed by atoms with Gasteiger partial charge in [-0.2, -0.15) is 4.31 Å². The Hall–Kier alpha value is -2.25. The molecule has 1 amide bonds. The summed E-state index contributed by atoms with van der Waals surface area (Å²) in [4.78, 5) is 19.1. The van der Waals surface area contributed by atoms with E-state index in [0.29, 0.717) is 42.4 Å². The minimum absolute atomic E-state index is 0.101. The highest BCUT2D eigenvalue weighted by molar-refractivity contribution is 7.89. The molecule has 0 radical (unpaired) electrons. The molecule has 2 aliphatic heterocycles. The lowest BCUT2D eigenvalue weighted by atomic mass is 9.88. The quantitative estimate of drug-likeness (QED) is 0.793. The molecular formula is C21H25N3O3S. The SMILES string of the molecule is CC(C)CCN1[C@]2(CCN(C(=O)c3cccnc3)C2)c2ccccc2S1(=O)=O. The lowest BCUT2D eigenvalue weighted by molar-refractivity contribution is 0.0762. The summed E-state index contributed by atoms with van der Waals surface area (Å²) in [5.74, 6) is 0.293. The van der Waals surface area contributed by atoms with Crippen molar-refractivity contribution in [3.8, 4) is 0 Å². The first-order chi connectivity index (χ1) is 13.4. The fraction of sp³-hybridized carbons (Fsp3) is 0.429. The molecule has 148 valence electrons. The maximum atomic E-state index is 13.3. The summed E-state index contributed by atoms with van der Waals surface area (Å²) in [6, 6.07) is 10.7. The molecule has 2 aliphatic rings. The number of hydrogen-bond acceptors (Lipinski definition) is 4. The number of rotatable bonds is 4. The van der Waals surface area contributed by atoms with E-state index in [2.05, 4.69) is 18.8 Å². The molecule has 1 atom stereocenters. The van der Waals surface area contributed by atoms with E-state index in [1.807, 2.05) is 12.1 Å². The van der Waals surface area contributed by atoms with Gasteiger partial charge in [-0.1, -0.05) is 32.0 Å². The Balaban J connectivity index is 1.72. The van der Waals surface area contributed by atoms with Crippen molar-refractivity contribution in [3.63, 3.8) is 0 Å². The summed E-state index contributed by atoms with van der Waals surface area (Å²) in [7, 11) is -3.56. The van der Waals surface area contributed by atoms with Crippen LogP contribution in [0.5, 0.6) is 0 Å². The van der Waals surface area contributed by atoms with Gasteiger partial charge in [0.05, 0.1) is 16.0 Å². The zero-order chi connectivity index (χ0) is 19.9. The molecule has 0 unspecified atom stereocenters. The standard InChI is InChI=1S/C21H25N3O3S/c1-16(2)9-12-24-21(18-7-3-4-8-19(18)28(24,26)27)10-13-23(15-21)20(25)17-6-5-11-22-14-17/h3-8,11,14,16H,9-10,12-13,15H2,1-2H3/t21-/m0/s1. The largest absolute Gasteiger partial charge is 0.336 e. The van der Waals surface area contributed by atoms with E-state index in [1.54, 1.807) is 45.9 Å². The topological polar surface area (TPSA) is 70.6 Å². The smallest absolute Gasteiger partial charge is 0.255 e. The van der Waals surface area contributed by atoms with E-state index in [0.717, 1.165) is 12.0 Å². The summed E-state index contributed by atoms with van der Waals surface area (Å²) < 4.78 is 28.3. The summed E-state index contributed by atoms with van der Waals surface area (Å²) in [5.41, 5.74) is 0.671. The molecule has 28 heavy (non-hydrogen) atoms. The van der Waals surface area contributed by atoms with Gasteiger partial charge in [0, 0.05) is 32.0 Å². The number of pyridine rings is 1. The van der Waals surface area contributed by atoms with Crippen molar-refractivity contribution in [2.45, 2.75) is 37.1 Å². The monoisotopic (exact) mass is 399 g/mol. The molecule has 2 aromatic rings. The Bertz CT molecular complexity index is 991. The molecule has 4 rings (SSSR count). The predicted molar refractivity (Wildman–Crippen MR) is 106 cm³/mol. The number of fused-ring (bicyclic) bond motifs is 2. The number of aromatic nitrogens is 1. The average Bonchev–Trinajstić information content (AvgIpc) is 3.20. The van der Waals surface area contributed by atoms with Crippen LogP contribution in [0.15, 0.2) is 53.7 Å². The van der Waals surface area contributed by atoms with Crippen molar-refractivity contribution in [2.24, 2.45) is 5.92 Å². The molecule has 1 fully saturated rings. The molecule has 1 aromatic heterocycles. The fourth-order valence-electron chi connectivity index (χ4n) is 4.33. The van der Waals surface area contributed by atoms with E-state index >= 15 is 0 Å². The molecule has 0 N–H and O–H groups in total. The van der Waals surface area contributed by atoms with Crippen LogP contribution >= 0.6 is 0 Å². The van der Waals surface area contributed by atoms with Gasteiger partial charge in [0.15, 0.2) is 0 Å². The second kappa shape index (κ2) is 6.97. The highest BCUT2D eigenvalue weighted by Crippen LogP contribution is 2.49. The summed E-state index contributed by atoms with van der Waals surface area (Å²) in [5, 5.41) is 0. The first-order valence-electron chi connectivity index (χ1n) is 9.68. The van der Waals surface area contributed by atoms with Crippen LogP contribution in [0.3, 0.4) is 0 Å². The molecule has 1 aromatic carbocycles. The number of nitrogens with zero attached hydrogens (tertiary/aromatic N) is 3. The van der Waals surface area contributed by atoms with Gasteiger partial charge in [0.1, 0.15) is 0 Å². The third-order valence-corrected chi connectivity index (χ3v) is 7.81. The lowest BCUT2D eigenvalue weighted by Gasteiger charge is -2.34. The van der Waals surface area contributed by atoms with E-state index in [-0.39, 0.29) is 5.91 Å². The van der Waals surface area contributed by atoms with Gasteiger partial charge in [-0.25, -0.2) is 8.42 Å². The van der Waals surface area contributed by atoms with Crippen LogP contribution in [0, 0.1) is 5.92 Å². The van der Waals surface area contributed by atoms with Crippen molar-refractivity contribution in [1.82, 2.24) is 14.2 Å². The van der Waals surface area contributed by atoms with E-state index in [1.165, 1.54) is 0 Å². The molecule has 1 saturated heterocycles. The first kappa shape index (κ1) is 19.1. The zero-order valence-corrected chi connectivity index (χ0v) is 17.0. The normalized spacial score (nSPS) is 23.5. The molecule has 6 nitrogen and oxygen atoms in total. The zero-order valence-electron chi connectivity index (χ0n) is 16.2. The van der Waals surface area contributed by atoms with Gasteiger partial charge in [-0.05, 0) is 42.5 Å². The number of benzene rings is 1. The number of likely N-dealkylation sites (tertiary alicyclic amines) is 1. The van der Waals surface area contributed by atoms with Crippen LogP contribution in [0.1, 0.15) is 42.6 Å². The Morgan fingerprint density at radius 3 is 2.71 bits per heavy atom. The van der Waals surface area contributed by atoms with Crippen LogP contribution in [-0.2, 0) is 15.6 Å². The minimum Gasteiger partial charge on any atom is -0.336 e. The average molecular weight is 400 g/mol. The lowest BCUT2D eigenvalue weighted by Crippen LogP contribution is -2.47. The second-order valence-electron chi connectivity index (χ2n) is 8.01. The minimum atomic E-state index is -3.56. The number of hydrogen-bond donors (Lipinski definition) is 0. The second-order valence-corrected chi connectivity index (χ2v) is 9.84. The molecule has 0 aliphatic carbocycles. The van der Waals surface area contributed by atoms with Gasteiger partial charge < -0.3 is 4.90 Å². The third-order valence-electron chi connectivity index (χ3n) is 5.79. The fourth-order valence-corrected chi connectivity index (χ4v) is 6.41. The first-order valence-corrected chi connectivity index (χ1v) is 11.1. The number of carbonyl (C=O) groups is 1. The number of carbonyl (C=O) groups excluding carboxylic acids is 1. The predicted octanol–water partition coefficient (Wildman–Crippen LogP) is 2.87. The molecular weight excluding hydrogens is 374 g/mol. The van der Waals surface area contributed by atoms with E-state index < -0.39 is 15.6 Å². The third kappa shape index (κ3) is 2.93. The van der Waals surface area contributed by atoms with Crippen molar-refractivity contribution >= 4 is 15.9 Å². The maximum Gasteiger partial charge on any atom is 0.255 e. The molecule has 3 heterocycles. The van der Waals surface area contributed by atoms with Crippen molar-refractivity contribution in [2.75, 3.05) is 19.6 Å². The molecule has 1 spiro atoms. The van der Waals surface area contributed by atoms with Gasteiger partial charge in [-0.15, -0.1) is 0 Å². The Morgan fingerprint density at radius 2 is 2.00 bits per heavy atom. The highest BCUT2D eigenvalue weighted by Gasteiger charge is 2.57. The highest BCUT2D eigenvalue weighted by atomic mass is 32.2. The van der Waals surface area contributed by atoms with Gasteiger partial charge in [-0.3, -0.25) is 9.78 Å². The van der Waals surface area contributed by atoms with Crippen LogP contribution in [0.25, 0.3) is 0 Å². The summed E-state index contributed by atoms with van der Waals surface area (Å²) in [6.07, 6.45) is 4.58. The Labute approximate surface area is 166 Å². The van der Waals surface area contributed by atoms with E-state index in [4.69, 9.17) is 0 Å². The Morgan fingerprint density at radius 1 is 1.21 bits per heavy atom. The molecule has 7 heteroatoms. The molecule has 0 bridgehead atoms. The number of sulfonamides is 1. The van der Waals surface area contributed by atoms with Crippen LogP contribution in [0.2, 0.25) is 0 Å². The van der Waals surface area contributed by atoms with Crippen molar-refractivity contribution in [3.05, 3.63) is 59.9 Å². The molecule has 0 saturated carbocycles. The summed E-state index contributed by atoms with van der Waals surface area (Å²) in [6.45, 7) is 5.54. The van der Waals surface area contributed by atoms with Crippen molar-refractivity contribution in [1.29, 1.82) is 0 Å². The van der Waals surface area contributed by atoms with Crippen LogP contribution in [0.4, 0.5) is 0 Å².